The number of amides is 3. The molecule has 4 aromatic rings. The smallest absolute Gasteiger partial charge is 0.335 e. The van der Waals surface area contributed by atoms with E-state index in [0.717, 1.165) is 48.9 Å². The summed E-state index contributed by atoms with van der Waals surface area (Å²) < 4.78 is 64.2. The predicted molar refractivity (Wildman–Crippen MR) is 269 cm³/mol. The molecule has 4 aromatic carbocycles. The van der Waals surface area contributed by atoms with Crippen molar-refractivity contribution < 1.29 is 60.9 Å². The zero-order valence-corrected chi connectivity index (χ0v) is 43.1. The molecule has 4 N–H and O–H groups in total. The maximum Gasteiger partial charge on any atom is 0.335 e. The molecule has 0 radical (unpaired) electrons. The molecule has 2 saturated heterocycles. The van der Waals surface area contributed by atoms with Gasteiger partial charge in [-0.3, -0.25) is 24.0 Å². The Morgan fingerprint density at radius 1 is 0.589 bits per heavy atom. The lowest BCUT2D eigenvalue weighted by Gasteiger charge is -2.25. The SMILES string of the molecule is CCCN(CCC)C(=O)c1cc(C)cc(C(=O)N[C@@H](Cc2cc(F)cc(F)c2)[C@@H]2C[C@H](C)C(=O)O2)c1.CCCN(CCC)C(=O)c1cc(C)cc(C(=O)O)c1.C[C@H]1C[C@@H]([C@@H](N)Cc2cc(F)cc(F)c2)OC1=O. The second kappa shape index (κ2) is 28.0. The van der Waals surface area contributed by atoms with E-state index in [4.69, 9.17) is 20.3 Å². The van der Waals surface area contributed by atoms with Gasteiger partial charge in [0.15, 0.2) is 0 Å². The van der Waals surface area contributed by atoms with Gasteiger partial charge in [-0.1, -0.05) is 41.5 Å². The monoisotopic (exact) mass is 1020 g/mol. The second-order valence-corrected chi connectivity index (χ2v) is 19.0. The van der Waals surface area contributed by atoms with Crippen molar-refractivity contribution in [1.29, 1.82) is 0 Å². The zero-order valence-electron chi connectivity index (χ0n) is 43.1. The van der Waals surface area contributed by atoms with Crippen molar-refractivity contribution in [1.82, 2.24) is 15.1 Å². The first-order valence-corrected chi connectivity index (χ1v) is 25.0. The molecule has 3 amide bonds. The number of carboxylic acids is 1. The standard InChI is InChI=1S/C28H34F2N2O4.C15H21NO3.C13H15F2NO2/c1-5-7-32(8-6-2)27(34)21-10-17(3)9-20(15-21)26(33)31-24(25-11-18(4)28(35)36-25)14-19-12-22(29)16-23(30)13-19;1-4-6-16(7-5-2)14(17)12-8-11(3)9-13(10-12)15(18)19;1-7-2-12(18-13(7)17)11(16)5-8-3-9(14)6-10(15)4-8/h9-10,12-13,15-16,18,24-25H,5-8,11,14H2,1-4H3,(H,31,33);8-10H,4-7H2,1-3H3,(H,18,19);3-4,6-7,11-12H,2,5,16H2,1H3/t18-,24-,25-;;7-,11-,12-/m0.0/s1. The lowest BCUT2D eigenvalue weighted by atomic mass is 9.95. The van der Waals surface area contributed by atoms with Crippen molar-refractivity contribution in [2.45, 2.75) is 131 Å². The van der Waals surface area contributed by atoms with Crippen LogP contribution >= 0.6 is 0 Å². The number of aromatic carboxylic acids is 1. The second-order valence-electron chi connectivity index (χ2n) is 19.0. The molecule has 396 valence electrons. The van der Waals surface area contributed by atoms with Crippen LogP contribution in [0.1, 0.15) is 144 Å². The Labute approximate surface area is 425 Å². The number of hydrogen-bond acceptors (Lipinski definition) is 9. The molecule has 0 aliphatic carbocycles. The van der Waals surface area contributed by atoms with E-state index >= 15 is 0 Å². The molecule has 6 atom stereocenters. The van der Waals surface area contributed by atoms with Crippen molar-refractivity contribution in [3.8, 4) is 0 Å². The summed E-state index contributed by atoms with van der Waals surface area (Å²) in [5.41, 5.74) is 9.59. The number of esters is 2. The van der Waals surface area contributed by atoms with Crippen LogP contribution in [0, 0.1) is 49.0 Å². The van der Waals surface area contributed by atoms with Crippen LogP contribution in [0.4, 0.5) is 17.6 Å². The first-order chi connectivity index (χ1) is 34.5. The minimum absolute atomic E-state index is 0.0729. The maximum absolute atomic E-state index is 13.8. The molecule has 73 heavy (non-hydrogen) atoms. The van der Waals surface area contributed by atoms with Gasteiger partial charge >= 0.3 is 17.9 Å². The van der Waals surface area contributed by atoms with Crippen LogP contribution in [0.15, 0.2) is 72.8 Å². The van der Waals surface area contributed by atoms with E-state index in [0.29, 0.717) is 66.8 Å². The molecular formula is C56H70F4N4O9. The molecule has 0 bridgehead atoms. The topological polar surface area (TPSA) is 186 Å². The van der Waals surface area contributed by atoms with Crippen LogP contribution in [0.5, 0.6) is 0 Å². The number of nitrogens with one attached hydrogen (secondary N) is 1. The van der Waals surface area contributed by atoms with Gasteiger partial charge in [0, 0.05) is 61.0 Å². The number of rotatable bonds is 19. The normalized spacial score (nSPS) is 17.7. The Morgan fingerprint density at radius 3 is 1.34 bits per heavy atom. The molecule has 6 rings (SSSR count). The Hall–Kier alpha value is -6.62. The van der Waals surface area contributed by atoms with Gasteiger partial charge in [-0.15, -0.1) is 0 Å². The molecule has 2 fully saturated rings. The molecular weight excluding hydrogens is 949 g/mol. The van der Waals surface area contributed by atoms with E-state index in [1.807, 2.05) is 34.6 Å². The van der Waals surface area contributed by atoms with Gasteiger partial charge in [-0.05, 0) is 148 Å². The average molecular weight is 1020 g/mol. The molecule has 17 heteroatoms. The molecule has 0 aromatic heterocycles. The summed E-state index contributed by atoms with van der Waals surface area (Å²) in [4.78, 5) is 76.7. The van der Waals surface area contributed by atoms with E-state index in [9.17, 15) is 46.3 Å². The van der Waals surface area contributed by atoms with Crippen molar-refractivity contribution in [3.63, 3.8) is 0 Å². The quantitative estimate of drug-likeness (QED) is 0.0604. The number of benzene rings is 4. The largest absolute Gasteiger partial charge is 0.478 e. The number of nitrogens with two attached hydrogens (primary N) is 1. The number of nitrogens with zero attached hydrogens (tertiary/aromatic N) is 2. The van der Waals surface area contributed by atoms with Crippen molar-refractivity contribution in [2.24, 2.45) is 17.6 Å². The number of aryl methyl sites for hydroxylation is 2. The van der Waals surface area contributed by atoms with Crippen LogP contribution in [0.25, 0.3) is 0 Å². The molecule has 0 spiro atoms. The maximum atomic E-state index is 13.8. The van der Waals surface area contributed by atoms with Gasteiger partial charge in [-0.25, -0.2) is 22.4 Å². The lowest BCUT2D eigenvalue weighted by molar-refractivity contribution is -0.145. The van der Waals surface area contributed by atoms with Gasteiger partial charge in [0.1, 0.15) is 35.5 Å². The van der Waals surface area contributed by atoms with Crippen LogP contribution in [0.2, 0.25) is 0 Å². The van der Waals surface area contributed by atoms with Gasteiger partial charge in [0.2, 0.25) is 0 Å². The number of carbonyl (C=O) groups excluding carboxylic acids is 5. The fraction of sp³-hybridized carbons (Fsp3) is 0.464. The fourth-order valence-corrected chi connectivity index (χ4v) is 8.81. The predicted octanol–water partition coefficient (Wildman–Crippen LogP) is 9.57. The summed E-state index contributed by atoms with van der Waals surface area (Å²) in [6, 6.07) is 15.1. The summed E-state index contributed by atoms with van der Waals surface area (Å²) in [6.45, 7) is 17.8. The number of cyclic esters (lactones) is 2. The summed E-state index contributed by atoms with van der Waals surface area (Å²) in [5, 5.41) is 11.9. The van der Waals surface area contributed by atoms with Crippen LogP contribution in [-0.2, 0) is 31.9 Å². The van der Waals surface area contributed by atoms with Crippen LogP contribution in [-0.4, -0.2) is 101 Å². The molecule has 2 aliphatic heterocycles. The van der Waals surface area contributed by atoms with Crippen LogP contribution < -0.4 is 11.1 Å². The highest BCUT2D eigenvalue weighted by molar-refractivity contribution is 6.00. The van der Waals surface area contributed by atoms with Crippen molar-refractivity contribution in [2.75, 3.05) is 26.2 Å². The van der Waals surface area contributed by atoms with E-state index in [2.05, 4.69) is 5.32 Å². The third-order valence-corrected chi connectivity index (χ3v) is 12.2. The molecule has 2 aliphatic rings. The Balaban J connectivity index is 0.000000262. The highest BCUT2D eigenvalue weighted by Crippen LogP contribution is 2.27. The lowest BCUT2D eigenvalue weighted by Crippen LogP contribution is -2.45. The fourth-order valence-electron chi connectivity index (χ4n) is 8.81. The summed E-state index contributed by atoms with van der Waals surface area (Å²) in [6.07, 6.45) is 3.70. The van der Waals surface area contributed by atoms with E-state index < -0.39 is 53.3 Å². The molecule has 2 heterocycles. The highest BCUT2D eigenvalue weighted by atomic mass is 19.1. The number of ether oxygens (including phenoxy) is 2. The number of carboxylic acid groups (broad SMARTS) is 1. The summed E-state index contributed by atoms with van der Waals surface area (Å²) >= 11 is 0. The zero-order chi connectivity index (χ0) is 54.1. The molecule has 0 saturated carbocycles. The summed E-state index contributed by atoms with van der Waals surface area (Å²) in [5.74, 6) is -5.54. The number of halogens is 4. The van der Waals surface area contributed by atoms with Gasteiger partial charge < -0.3 is 35.4 Å². The number of carbonyl (C=O) groups is 6. The minimum atomic E-state index is -1.00. The number of hydrogen-bond donors (Lipinski definition) is 3. The third kappa shape index (κ3) is 17.8. The first kappa shape index (κ1) is 58.9. The Bertz CT molecular complexity index is 2520. The Morgan fingerprint density at radius 2 is 0.959 bits per heavy atom. The highest BCUT2D eigenvalue weighted by Gasteiger charge is 2.38. The Kier molecular flexibility index (Phi) is 22.6. The van der Waals surface area contributed by atoms with Gasteiger partial charge in [0.05, 0.1) is 23.4 Å². The van der Waals surface area contributed by atoms with E-state index in [-0.39, 0.29) is 60.1 Å². The summed E-state index contributed by atoms with van der Waals surface area (Å²) in [7, 11) is 0. The van der Waals surface area contributed by atoms with Crippen LogP contribution in [0.3, 0.4) is 0 Å². The van der Waals surface area contributed by atoms with E-state index in [1.165, 1.54) is 30.3 Å². The average Bonchev–Trinajstić information content (AvgIpc) is 3.85. The molecule has 0 unspecified atom stereocenters. The van der Waals surface area contributed by atoms with E-state index in [1.54, 1.807) is 60.9 Å². The van der Waals surface area contributed by atoms with Crippen molar-refractivity contribution in [3.05, 3.63) is 141 Å². The molecule has 13 nitrogen and oxygen atoms in total. The first-order valence-electron chi connectivity index (χ1n) is 25.0. The van der Waals surface area contributed by atoms with Crippen molar-refractivity contribution >= 4 is 35.6 Å². The van der Waals surface area contributed by atoms with Gasteiger partial charge in [-0.2, -0.15) is 0 Å². The third-order valence-electron chi connectivity index (χ3n) is 12.2. The van der Waals surface area contributed by atoms with Gasteiger partial charge in [0.25, 0.3) is 17.7 Å². The minimum Gasteiger partial charge on any atom is -0.478 e.